The van der Waals surface area contributed by atoms with Crippen molar-refractivity contribution in [1.82, 2.24) is 19.8 Å². The van der Waals surface area contributed by atoms with Crippen LogP contribution in [0.1, 0.15) is 30.4 Å². The SMILES string of the molecule is C=CC(=O)N1CCN(c2nc(OC[C@@H]3CCCN3C)nc3c2CCc2ccccc2-3)C[C@@H]1CC#N.O=C(O)C(F)(F)F. The number of hydrogen-bond donors (Lipinski definition) is 1. The number of aryl methyl sites for hydroxylation is 1. The molecular formula is C29H33F3N6O4. The van der Waals surface area contributed by atoms with Gasteiger partial charge in [-0.1, -0.05) is 30.8 Å². The molecule has 1 aromatic heterocycles. The molecule has 1 aromatic carbocycles. The van der Waals surface area contributed by atoms with Gasteiger partial charge in [0, 0.05) is 36.8 Å². The molecule has 0 unspecified atom stereocenters. The Balaban J connectivity index is 0.000000517. The molecule has 2 aliphatic heterocycles. The number of nitrogens with zero attached hydrogens (tertiary/aromatic N) is 6. The van der Waals surface area contributed by atoms with Crippen molar-refractivity contribution >= 4 is 17.7 Å². The van der Waals surface area contributed by atoms with Crippen molar-refractivity contribution in [3.63, 3.8) is 0 Å². The maximum absolute atomic E-state index is 12.4. The summed E-state index contributed by atoms with van der Waals surface area (Å²) >= 11 is 0. The molecule has 10 nitrogen and oxygen atoms in total. The van der Waals surface area contributed by atoms with Crippen LogP contribution in [0.25, 0.3) is 11.3 Å². The zero-order valence-corrected chi connectivity index (χ0v) is 23.3. The van der Waals surface area contributed by atoms with E-state index in [1.807, 2.05) is 6.07 Å². The van der Waals surface area contributed by atoms with E-state index in [2.05, 4.69) is 47.7 Å². The third-order valence-electron chi connectivity index (χ3n) is 7.77. The molecule has 0 bridgehead atoms. The van der Waals surface area contributed by atoms with Crippen LogP contribution in [0, 0.1) is 11.3 Å². The molecular weight excluding hydrogens is 553 g/mol. The molecule has 2 aromatic rings. The predicted octanol–water partition coefficient (Wildman–Crippen LogP) is 3.47. The van der Waals surface area contributed by atoms with Crippen molar-refractivity contribution in [1.29, 1.82) is 5.26 Å². The topological polar surface area (TPSA) is 123 Å². The van der Waals surface area contributed by atoms with E-state index in [0.29, 0.717) is 38.3 Å². The second-order valence-electron chi connectivity index (χ2n) is 10.4. The fourth-order valence-corrected chi connectivity index (χ4v) is 5.56. The van der Waals surface area contributed by atoms with Gasteiger partial charge in [0.1, 0.15) is 12.4 Å². The van der Waals surface area contributed by atoms with E-state index in [4.69, 9.17) is 24.6 Å². The number of carbonyl (C=O) groups excluding carboxylic acids is 1. The van der Waals surface area contributed by atoms with Crippen LogP contribution in [-0.2, 0) is 22.4 Å². The largest absolute Gasteiger partial charge is 0.490 e. The number of aromatic nitrogens is 2. The van der Waals surface area contributed by atoms with Crippen LogP contribution >= 0.6 is 0 Å². The Morgan fingerprint density at radius 1 is 1.19 bits per heavy atom. The van der Waals surface area contributed by atoms with Crippen molar-refractivity contribution in [2.24, 2.45) is 0 Å². The summed E-state index contributed by atoms with van der Waals surface area (Å²) in [4.78, 5) is 37.4. The second-order valence-corrected chi connectivity index (χ2v) is 10.4. The first-order valence-corrected chi connectivity index (χ1v) is 13.7. The van der Waals surface area contributed by atoms with Gasteiger partial charge in [-0.05, 0) is 50.9 Å². The molecule has 2 atom stereocenters. The Kier molecular flexibility index (Phi) is 9.67. The summed E-state index contributed by atoms with van der Waals surface area (Å²) in [6.45, 7) is 6.99. The number of likely N-dealkylation sites (tertiary alicyclic amines) is 1. The predicted molar refractivity (Wildman–Crippen MR) is 148 cm³/mol. The lowest BCUT2D eigenvalue weighted by Crippen LogP contribution is -2.55. The minimum absolute atomic E-state index is 0.131. The zero-order chi connectivity index (χ0) is 30.4. The number of fused-ring (bicyclic) bond motifs is 3. The van der Waals surface area contributed by atoms with Crippen molar-refractivity contribution < 1.29 is 32.6 Å². The molecule has 224 valence electrons. The summed E-state index contributed by atoms with van der Waals surface area (Å²) in [5, 5.41) is 16.5. The van der Waals surface area contributed by atoms with Gasteiger partial charge in [0.15, 0.2) is 0 Å². The molecule has 0 spiro atoms. The third kappa shape index (κ3) is 6.99. The number of hydrogen-bond acceptors (Lipinski definition) is 8. The Morgan fingerprint density at radius 2 is 1.93 bits per heavy atom. The first-order valence-electron chi connectivity index (χ1n) is 13.7. The molecule has 2 fully saturated rings. The van der Waals surface area contributed by atoms with Gasteiger partial charge in [-0.2, -0.15) is 28.4 Å². The molecule has 42 heavy (non-hydrogen) atoms. The van der Waals surface area contributed by atoms with Crippen LogP contribution in [-0.4, -0.2) is 94.8 Å². The van der Waals surface area contributed by atoms with Crippen molar-refractivity contribution in [2.45, 2.75) is 50.4 Å². The molecule has 3 heterocycles. The molecule has 13 heteroatoms. The monoisotopic (exact) mass is 586 g/mol. The summed E-state index contributed by atoms with van der Waals surface area (Å²) in [6, 6.07) is 11.2. The first kappa shape index (κ1) is 30.8. The van der Waals surface area contributed by atoms with Gasteiger partial charge in [0.2, 0.25) is 5.91 Å². The number of alkyl halides is 3. The molecule has 1 aliphatic carbocycles. The lowest BCUT2D eigenvalue weighted by Gasteiger charge is -2.41. The van der Waals surface area contributed by atoms with E-state index in [1.54, 1.807) is 4.90 Å². The number of benzene rings is 1. The highest BCUT2D eigenvalue weighted by Gasteiger charge is 2.38. The molecule has 5 rings (SSSR count). The average molecular weight is 587 g/mol. The van der Waals surface area contributed by atoms with Crippen molar-refractivity contribution in [2.75, 3.05) is 44.7 Å². The van der Waals surface area contributed by atoms with Crippen LogP contribution in [0.3, 0.4) is 0 Å². The van der Waals surface area contributed by atoms with Gasteiger partial charge in [-0.25, -0.2) is 4.79 Å². The molecule has 3 aliphatic rings. The van der Waals surface area contributed by atoms with Crippen molar-refractivity contribution in [3.8, 4) is 23.3 Å². The summed E-state index contributed by atoms with van der Waals surface area (Å²) in [7, 11) is 2.13. The number of piperazine rings is 1. The Bertz CT molecular complexity index is 1360. The number of amides is 1. The Hall–Kier alpha value is -4.18. The molecule has 1 amide bonds. The van der Waals surface area contributed by atoms with Gasteiger partial charge in [-0.3, -0.25) is 4.79 Å². The number of nitriles is 1. The van der Waals surface area contributed by atoms with Gasteiger partial charge in [0.25, 0.3) is 0 Å². The third-order valence-corrected chi connectivity index (χ3v) is 7.77. The summed E-state index contributed by atoms with van der Waals surface area (Å²) in [5.74, 6) is -2.02. The van der Waals surface area contributed by atoms with E-state index < -0.39 is 12.1 Å². The number of carbonyl (C=O) groups is 2. The normalized spacial score (nSPS) is 20.0. The number of carboxylic acid groups (broad SMARTS) is 1. The number of likely N-dealkylation sites (N-methyl/N-ethyl adjacent to an activating group) is 1. The van der Waals surface area contributed by atoms with Gasteiger partial charge in [0.05, 0.1) is 24.2 Å². The van der Waals surface area contributed by atoms with Crippen LogP contribution in [0.5, 0.6) is 6.01 Å². The zero-order valence-electron chi connectivity index (χ0n) is 23.3. The van der Waals surface area contributed by atoms with Gasteiger partial charge in [-0.15, -0.1) is 0 Å². The van der Waals surface area contributed by atoms with Gasteiger partial charge >= 0.3 is 18.2 Å². The number of rotatable bonds is 6. The first-order chi connectivity index (χ1) is 20.0. The maximum Gasteiger partial charge on any atom is 0.490 e. The molecule has 0 saturated carbocycles. The molecule has 2 saturated heterocycles. The highest BCUT2D eigenvalue weighted by atomic mass is 19.4. The lowest BCUT2D eigenvalue weighted by atomic mass is 9.89. The minimum Gasteiger partial charge on any atom is -0.475 e. The van der Waals surface area contributed by atoms with Crippen molar-refractivity contribution in [3.05, 3.63) is 48.0 Å². The number of aliphatic carboxylic acids is 1. The summed E-state index contributed by atoms with van der Waals surface area (Å²) in [6.07, 6.45) is 0.596. The van der Waals surface area contributed by atoms with E-state index in [9.17, 15) is 23.2 Å². The van der Waals surface area contributed by atoms with Crippen LogP contribution in [0.4, 0.5) is 19.0 Å². The smallest absolute Gasteiger partial charge is 0.475 e. The van der Waals surface area contributed by atoms with E-state index in [1.165, 1.54) is 18.1 Å². The molecule has 0 radical (unpaired) electrons. The average Bonchev–Trinajstić information content (AvgIpc) is 3.39. The van der Waals surface area contributed by atoms with Gasteiger partial charge < -0.3 is 24.5 Å². The number of anilines is 1. The fraction of sp³-hybridized carbons (Fsp3) is 0.483. The summed E-state index contributed by atoms with van der Waals surface area (Å²) < 4.78 is 37.9. The Morgan fingerprint density at radius 3 is 2.57 bits per heavy atom. The second kappa shape index (κ2) is 13.2. The fourth-order valence-electron chi connectivity index (χ4n) is 5.56. The minimum atomic E-state index is -5.08. The van der Waals surface area contributed by atoms with E-state index >= 15 is 0 Å². The highest BCUT2D eigenvalue weighted by molar-refractivity contribution is 5.87. The number of ether oxygens (including phenoxy) is 1. The van der Waals surface area contributed by atoms with Crippen LogP contribution in [0.2, 0.25) is 0 Å². The van der Waals surface area contributed by atoms with E-state index in [0.717, 1.165) is 48.4 Å². The van der Waals surface area contributed by atoms with Crippen LogP contribution in [0.15, 0.2) is 36.9 Å². The molecule has 1 N–H and O–H groups in total. The quantitative estimate of drug-likeness (QED) is 0.507. The number of carboxylic acids is 1. The Labute approximate surface area is 242 Å². The lowest BCUT2D eigenvalue weighted by molar-refractivity contribution is -0.192. The standard InChI is InChI=1S/C27H32N6O2.C2HF3O2/c1-3-24(34)33-16-15-32(17-20(33)12-13-28)26-23-11-10-19-7-4-5-9-22(19)25(23)29-27(30-26)35-18-21-8-6-14-31(21)2;3-2(4,5)1(6)7/h3-5,7,9,20-21H,1,6,8,10-12,14-18H2,2H3;(H,6,7)/t20-,21-;/m0./s1. The number of halogens is 3. The highest BCUT2D eigenvalue weighted by Crippen LogP contribution is 2.38. The maximum atomic E-state index is 12.4. The summed E-state index contributed by atoms with van der Waals surface area (Å²) in [5.41, 5.74) is 4.48. The van der Waals surface area contributed by atoms with Crippen LogP contribution < -0.4 is 9.64 Å². The van der Waals surface area contributed by atoms with E-state index in [-0.39, 0.29) is 18.4 Å².